The van der Waals surface area contributed by atoms with Gasteiger partial charge in [-0.15, -0.1) is 5.10 Å². The van der Waals surface area contributed by atoms with Crippen molar-refractivity contribution < 1.29 is 14.2 Å². The number of pyridine rings is 1. The second-order valence-electron chi connectivity index (χ2n) is 6.21. The maximum atomic E-state index is 9.85. The lowest BCUT2D eigenvalue weighted by atomic mass is 9.83. The van der Waals surface area contributed by atoms with Crippen molar-refractivity contribution in [2.24, 2.45) is 5.73 Å². The molecule has 0 amide bonds. The number of nitrogens with zero attached hydrogens (tertiary/aromatic N) is 3. The third-order valence-electron chi connectivity index (χ3n) is 4.70. The maximum absolute atomic E-state index is 9.85. The van der Waals surface area contributed by atoms with Gasteiger partial charge in [0.1, 0.15) is 11.6 Å². The van der Waals surface area contributed by atoms with Gasteiger partial charge in [-0.3, -0.25) is 10.1 Å². The van der Waals surface area contributed by atoms with Gasteiger partial charge in [-0.05, 0) is 29.8 Å². The maximum Gasteiger partial charge on any atom is 0.244 e. The predicted molar refractivity (Wildman–Crippen MR) is 108 cm³/mol. The first-order valence-corrected chi connectivity index (χ1v) is 9.36. The first-order valence-electron chi connectivity index (χ1n) is 8.56. The van der Waals surface area contributed by atoms with Crippen molar-refractivity contribution in [2.45, 2.75) is 5.92 Å². The van der Waals surface area contributed by atoms with Gasteiger partial charge in [-0.25, -0.2) is 0 Å². The van der Waals surface area contributed by atoms with Gasteiger partial charge in [0, 0.05) is 22.4 Å². The standard InChI is InChI=1S/C20H16BrN5O3/c1-27-14-6-11(13(21)7-15(14)28-2)16-12(8-22)19(23)29-20-17(16)18(25-26-20)10-4-3-5-24-9-10/h3-7,9,16H,23H2,1-2H3,(H,25,26)/t16-/m1/s1. The first-order chi connectivity index (χ1) is 14.1. The summed E-state index contributed by atoms with van der Waals surface area (Å²) in [5.74, 6) is 0.876. The number of aromatic nitrogens is 3. The highest BCUT2D eigenvalue weighted by Crippen LogP contribution is 2.49. The second kappa shape index (κ2) is 7.48. The van der Waals surface area contributed by atoms with Crippen LogP contribution in [0, 0.1) is 11.3 Å². The lowest BCUT2D eigenvalue weighted by Gasteiger charge is -2.25. The van der Waals surface area contributed by atoms with E-state index in [1.54, 1.807) is 32.7 Å². The molecule has 29 heavy (non-hydrogen) atoms. The molecule has 1 aliphatic heterocycles. The minimum Gasteiger partial charge on any atom is -0.493 e. The zero-order valence-corrected chi connectivity index (χ0v) is 17.1. The van der Waals surface area contributed by atoms with Crippen LogP contribution in [0.15, 0.2) is 52.6 Å². The average molecular weight is 454 g/mol. The van der Waals surface area contributed by atoms with Crippen LogP contribution in [0.4, 0.5) is 0 Å². The van der Waals surface area contributed by atoms with E-state index in [0.29, 0.717) is 28.6 Å². The van der Waals surface area contributed by atoms with Crippen LogP contribution in [0.25, 0.3) is 11.3 Å². The summed E-state index contributed by atoms with van der Waals surface area (Å²) < 4.78 is 17.2. The van der Waals surface area contributed by atoms with E-state index in [-0.39, 0.29) is 11.5 Å². The van der Waals surface area contributed by atoms with Gasteiger partial charge in [-0.1, -0.05) is 15.9 Å². The van der Waals surface area contributed by atoms with Crippen LogP contribution in [-0.4, -0.2) is 29.4 Å². The van der Waals surface area contributed by atoms with E-state index < -0.39 is 5.92 Å². The van der Waals surface area contributed by atoms with Crippen molar-refractivity contribution >= 4 is 15.9 Å². The number of nitrogens with two attached hydrogens (primary N) is 1. The van der Waals surface area contributed by atoms with Crippen LogP contribution in [0.1, 0.15) is 17.0 Å². The molecule has 0 unspecified atom stereocenters. The molecule has 0 aliphatic carbocycles. The summed E-state index contributed by atoms with van der Waals surface area (Å²) in [7, 11) is 3.12. The smallest absolute Gasteiger partial charge is 0.244 e. The van der Waals surface area contributed by atoms with Gasteiger partial charge in [0.25, 0.3) is 0 Å². The number of ether oxygens (including phenoxy) is 3. The fraction of sp³-hybridized carbons (Fsp3) is 0.150. The van der Waals surface area contributed by atoms with E-state index in [4.69, 9.17) is 19.9 Å². The SMILES string of the molecule is COc1cc(Br)c([C@@H]2C(C#N)=C(N)Oc3n[nH]c(-c4cccnc4)c32)cc1OC. The highest BCUT2D eigenvalue weighted by atomic mass is 79.9. The van der Waals surface area contributed by atoms with Gasteiger partial charge in [0.15, 0.2) is 11.5 Å². The van der Waals surface area contributed by atoms with Crippen LogP contribution in [-0.2, 0) is 0 Å². The largest absolute Gasteiger partial charge is 0.493 e. The van der Waals surface area contributed by atoms with Crippen LogP contribution in [0.2, 0.25) is 0 Å². The molecule has 1 aromatic carbocycles. The molecule has 0 bridgehead atoms. The summed E-state index contributed by atoms with van der Waals surface area (Å²) in [4.78, 5) is 4.17. The van der Waals surface area contributed by atoms with Gasteiger partial charge < -0.3 is 19.9 Å². The van der Waals surface area contributed by atoms with E-state index in [2.05, 4.69) is 37.2 Å². The van der Waals surface area contributed by atoms with Gasteiger partial charge >= 0.3 is 0 Å². The van der Waals surface area contributed by atoms with Gasteiger partial charge in [0.2, 0.25) is 11.8 Å². The summed E-state index contributed by atoms with van der Waals surface area (Å²) in [6, 6.07) is 9.51. The van der Waals surface area contributed by atoms with Crippen LogP contribution in [0.5, 0.6) is 17.4 Å². The third kappa shape index (κ3) is 3.07. The number of hydrogen-bond donors (Lipinski definition) is 2. The number of benzene rings is 1. The fourth-order valence-electron chi connectivity index (χ4n) is 3.38. The van der Waals surface area contributed by atoms with E-state index in [1.165, 1.54) is 0 Å². The summed E-state index contributed by atoms with van der Waals surface area (Å²) in [5, 5.41) is 17.1. The zero-order valence-electron chi connectivity index (χ0n) is 15.6. The molecular weight excluding hydrogens is 438 g/mol. The number of nitrogens with one attached hydrogen (secondary N) is 1. The molecule has 0 saturated heterocycles. The molecule has 1 aliphatic rings. The lowest BCUT2D eigenvalue weighted by Crippen LogP contribution is -2.21. The number of H-pyrrole nitrogens is 1. The quantitative estimate of drug-likeness (QED) is 0.620. The molecule has 0 saturated carbocycles. The Bertz CT molecular complexity index is 1150. The van der Waals surface area contributed by atoms with Crippen LogP contribution >= 0.6 is 15.9 Å². The number of fused-ring (bicyclic) bond motifs is 1. The fourth-order valence-corrected chi connectivity index (χ4v) is 3.93. The number of rotatable bonds is 4. The second-order valence-corrected chi connectivity index (χ2v) is 7.07. The molecule has 1 atom stereocenters. The monoisotopic (exact) mass is 453 g/mol. The zero-order chi connectivity index (χ0) is 20.5. The Kier molecular flexibility index (Phi) is 4.86. The minimum atomic E-state index is -0.535. The Morgan fingerprint density at radius 2 is 2.03 bits per heavy atom. The molecule has 2 aromatic heterocycles. The molecule has 146 valence electrons. The number of hydrogen-bond acceptors (Lipinski definition) is 7. The Balaban J connectivity index is 1.99. The highest BCUT2D eigenvalue weighted by molar-refractivity contribution is 9.10. The normalized spacial score (nSPS) is 15.3. The molecule has 3 heterocycles. The molecule has 8 nitrogen and oxygen atoms in total. The Morgan fingerprint density at radius 1 is 1.28 bits per heavy atom. The number of halogens is 1. The molecule has 0 fully saturated rings. The summed E-state index contributed by atoms with van der Waals surface area (Å²) in [6.07, 6.45) is 3.39. The van der Waals surface area contributed by atoms with E-state index in [1.807, 2.05) is 18.2 Å². The number of aromatic amines is 1. The summed E-state index contributed by atoms with van der Waals surface area (Å²) in [5.41, 5.74) is 9.29. The topological polar surface area (TPSA) is 119 Å². The van der Waals surface area contributed by atoms with Crippen molar-refractivity contribution in [1.82, 2.24) is 15.2 Å². The third-order valence-corrected chi connectivity index (χ3v) is 5.39. The van der Waals surface area contributed by atoms with Crippen molar-refractivity contribution in [3.8, 4) is 34.7 Å². The molecule has 0 radical (unpaired) electrons. The van der Waals surface area contributed by atoms with Crippen molar-refractivity contribution in [2.75, 3.05) is 14.2 Å². The molecular formula is C20H16BrN5O3. The van der Waals surface area contributed by atoms with E-state index in [0.717, 1.165) is 15.6 Å². The van der Waals surface area contributed by atoms with E-state index in [9.17, 15) is 5.26 Å². The van der Waals surface area contributed by atoms with Gasteiger partial charge in [-0.2, -0.15) is 5.26 Å². The number of nitriles is 1. The predicted octanol–water partition coefficient (Wildman–Crippen LogP) is 3.47. The number of allylic oxidation sites excluding steroid dienone is 1. The number of methoxy groups -OCH3 is 2. The van der Waals surface area contributed by atoms with Crippen LogP contribution in [0.3, 0.4) is 0 Å². The summed E-state index contributed by atoms with van der Waals surface area (Å²) in [6.45, 7) is 0. The van der Waals surface area contributed by atoms with Crippen molar-refractivity contribution in [1.29, 1.82) is 5.26 Å². The lowest BCUT2D eigenvalue weighted by molar-refractivity contribution is 0.353. The Labute approximate surface area is 175 Å². The molecule has 0 spiro atoms. The van der Waals surface area contributed by atoms with Crippen LogP contribution < -0.4 is 19.9 Å². The highest BCUT2D eigenvalue weighted by Gasteiger charge is 2.37. The van der Waals surface area contributed by atoms with Crippen molar-refractivity contribution in [3.05, 3.63) is 63.7 Å². The average Bonchev–Trinajstić information content (AvgIpc) is 3.16. The Hall–Kier alpha value is -3.51. The Morgan fingerprint density at radius 3 is 2.69 bits per heavy atom. The van der Waals surface area contributed by atoms with Crippen molar-refractivity contribution in [3.63, 3.8) is 0 Å². The minimum absolute atomic E-state index is 0.0101. The molecule has 4 rings (SSSR count). The molecule has 9 heteroatoms. The van der Waals surface area contributed by atoms with Gasteiger partial charge in [0.05, 0.1) is 31.4 Å². The molecule has 3 N–H and O–H groups in total. The van der Waals surface area contributed by atoms with E-state index >= 15 is 0 Å². The summed E-state index contributed by atoms with van der Waals surface area (Å²) >= 11 is 3.59. The molecule has 3 aromatic rings. The first kappa shape index (κ1) is 18.8.